The van der Waals surface area contributed by atoms with Crippen LogP contribution in [0.15, 0.2) is 36.4 Å². The van der Waals surface area contributed by atoms with E-state index in [1.807, 2.05) is 24.3 Å². The SMILES string of the molecule is C[C@@H](NC(=S)Nc1nc(Cl)cc(N2CCCCCC2)n1)c1ccccc1. The molecule has 5 nitrogen and oxygen atoms in total. The average Bonchev–Trinajstić information content (AvgIpc) is 2.91. The second kappa shape index (κ2) is 9.14. The first-order valence-electron chi connectivity index (χ1n) is 9.04. The second-order valence-corrected chi connectivity index (χ2v) is 7.30. The standard InChI is InChI=1S/C19H24ClN5S/c1-14(15-9-5-4-6-10-15)21-19(26)24-18-22-16(20)13-17(23-18)25-11-7-2-3-8-12-25/h4-6,9-10,13-14H,2-3,7-8,11-12H2,1H3,(H2,21,22,23,24,26)/t14-/m1/s1. The molecule has 0 radical (unpaired) electrons. The molecule has 0 aliphatic carbocycles. The summed E-state index contributed by atoms with van der Waals surface area (Å²) < 4.78 is 0. The lowest BCUT2D eigenvalue weighted by molar-refractivity contribution is 0.722. The number of anilines is 2. The maximum Gasteiger partial charge on any atom is 0.232 e. The van der Waals surface area contributed by atoms with Crippen molar-refractivity contribution in [1.29, 1.82) is 0 Å². The van der Waals surface area contributed by atoms with Gasteiger partial charge in [-0.05, 0) is 37.5 Å². The summed E-state index contributed by atoms with van der Waals surface area (Å²) in [4.78, 5) is 11.1. The highest BCUT2D eigenvalue weighted by atomic mass is 35.5. The molecule has 2 N–H and O–H groups in total. The van der Waals surface area contributed by atoms with Crippen molar-refractivity contribution in [1.82, 2.24) is 15.3 Å². The lowest BCUT2D eigenvalue weighted by atomic mass is 10.1. The van der Waals surface area contributed by atoms with Crippen molar-refractivity contribution in [2.45, 2.75) is 38.6 Å². The van der Waals surface area contributed by atoms with Gasteiger partial charge in [-0.25, -0.2) is 4.98 Å². The number of halogens is 1. The van der Waals surface area contributed by atoms with Crippen molar-refractivity contribution >= 4 is 40.7 Å². The molecule has 1 aliphatic rings. The van der Waals surface area contributed by atoms with E-state index in [1.54, 1.807) is 0 Å². The highest BCUT2D eigenvalue weighted by Crippen LogP contribution is 2.22. The Balaban J connectivity index is 1.66. The zero-order valence-electron chi connectivity index (χ0n) is 14.9. The van der Waals surface area contributed by atoms with Gasteiger partial charge in [0.25, 0.3) is 0 Å². The van der Waals surface area contributed by atoms with E-state index in [9.17, 15) is 0 Å². The summed E-state index contributed by atoms with van der Waals surface area (Å²) in [7, 11) is 0. The van der Waals surface area contributed by atoms with Crippen LogP contribution in [0.25, 0.3) is 0 Å². The van der Waals surface area contributed by atoms with Crippen LogP contribution in [-0.4, -0.2) is 28.2 Å². The Morgan fingerprint density at radius 1 is 1.12 bits per heavy atom. The fraction of sp³-hybridized carbons (Fsp3) is 0.421. The fourth-order valence-corrected chi connectivity index (χ4v) is 3.53. The number of hydrogen-bond donors (Lipinski definition) is 2. The van der Waals surface area contributed by atoms with Gasteiger partial charge >= 0.3 is 0 Å². The monoisotopic (exact) mass is 389 g/mol. The predicted octanol–water partition coefficient (Wildman–Crippen LogP) is 4.56. The highest BCUT2D eigenvalue weighted by Gasteiger charge is 2.14. The number of hydrogen-bond acceptors (Lipinski definition) is 4. The minimum absolute atomic E-state index is 0.0838. The van der Waals surface area contributed by atoms with Gasteiger partial charge < -0.3 is 15.5 Å². The first kappa shape index (κ1) is 18.9. The average molecular weight is 390 g/mol. The normalized spacial score (nSPS) is 15.8. The van der Waals surface area contributed by atoms with E-state index in [0.717, 1.165) is 24.5 Å². The first-order chi connectivity index (χ1) is 12.6. The molecule has 1 aromatic heterocycles. The zero-order valence-corrected chi connectivity index (χ0v) is 16.5. The van der Waals surface area contributed by atoms with Gasteiger partial charge in [0.05, 0.1) is 6.04 Å². The second-order valence-electron chi connectivity index (χ2n) is 6.50. The van der Waals surface area contributed by atoms with Crippen LogP contribution in [0.4, 0.5) is 11.8 Å². The van der Waals surface area contributed by atoms with Gasteiger partial charge in [-0.1, -0.05) is 54.8 Å². The molecule has 26 heavy (non-hydrogen) atoms. The summed E-state index contributed by atoms with van der Waals surface area (Å²) in [6.45, 7) is 4.06. The van der Waals surface area contributed by atoms with Crippen LogP contribution in [0.2, 0.25) is 5.15 Å². The number of rotatable bonds is 4. The van der Waals surface area contributed by atoms with E-state index in [2.05, 4.69) is 44.6 Å². The molecule has 0 bridgehead atoms. The molecule has 1 aliphatic heterocycles. The molecule has 2 aromatic rings. The first-order valence-corrected chi connectivity index (χ1v) is 9.82. The summed E-state index contributed by atoms with van der Waals surface area (Å²) >= 11 is 11.6. The third-order valence-corrected chi connectivity index (χ3v) is 4.90. The number of nitrogens with one attached hydrogen (secondary N) is 2. The molecule has 1 saturated heterocycles. The van der Waals surface area contributed by atoms with Crippen molar-refractivity contribution in [2.24, 2.45) is 0 Å². The van der Waals surface area contributed by atoms with Crippen LogP contribution in [0, 0.1) is 0 Å². The number of benzene rings is 1. The number of nitrogens with zero attached hydrogens (tertiary/aromatic N) is 3. The fourth-order valence-electron chi connectivity index (χ4n) is 3.08. The maximum absolute atomic E-state index is 6.21. The molecule has 7 heteroatoms. The van der Waals surface area contributed by atoms with Crippen LogP contribution in [0.5, 0.6) is 0 Å². The highest BCUT2D eigenvalue weighted by molar-refractivity contribution is 7.80. The minimum atomic E-state index is 0.0838. The molecular formula is C19H24ClN5S. The summed E-state index contributed by atoms with van der Waals surface area (Å²) in [5.41, 5.74) is 1.16. The topological polar surface area (TPSA) is 53.1 Å². The van der Waals surface area contributed by atoms with Gasteiger partial charge in [0, 0.05) is 19.2 Å². The summed E-state index contributed by atoms with van der Waals surface area (Å²) in [6, 6.07) is 12.1. The molecule has 3 rings (SSSR count). The summed E-state index contributed by atoms with van der Waals surface area (Å²) in [5, 5.41) is 7.22. The molecule has 138 valence electrons. The Morgan fingerprint density at radius 3 is 2.50 bits per heavy atom. The molecule has 1 aromatic carbocycles. The van der Waals surface area contributed by atoms with E-state index in [4.69, 9.17) is 23.8 Å². The predicted molar refractivity (Wildman–Crippen MR) is 112 cm³/mol. The van der Waals surface area contributed by atoms with Crippen molar-refractivity contribution in [3.8, 4) is 0 Å². The van der Waals surface area contributed by atoms with E-state index >= 15 is 0 Å². The van der Waals surface area contributed by atoms with Crippen molar-refractivity contribution < 1.29 is 0 Å². The molecule has 1 fully saturated rings. The molecule has 2 heterocycles. The molecule has 0 amide bonds. The van der Waals surface area contributed by atoms with Crippen LogP contribution in [0.1, 0.15) is 44.2 Å². The third kappa shape index (κ3) is 5.29. The molecular weight excluding hydrogens is 366 g/mol. The number of aromatic nitrogens is 2. The van der Waals surface area contributed by atoms with Gasteiger partial charge in [-0.2, -0.15) is 4.98 Å². The Morgan fingerprint density at radius 2 is 1.81 bits per heavy atom. The largest absolute Gasteiger partial charge is 0.356 e. The van der Waals surface area contributed by atoms with Crippen LogP contribution in [-0.2, 0) is 0 Å². The van der Waals surface area contributed by atoms with Crippen LogP contribution >= 0.6 is 23.8 Å². The van der Waals surface area contributed by atoms with Crippen molar-refractivity contribution in [3.05, 3.63) is 47.1 Å². The van der Waals surface area contributed by atoms with E-state index in [0.29, 0.717) is 16.2 Å². The number of thiocarbonyl (C=S) groups is 1. The van der Waals surface area contributed by atoms with Crippen LogP contribution in [0.3, 0.4) is 0 Å². The lowest BCUT2D eigenvalue weighted by Crippen LogP contribution is -2.32. The molecule has 0 spiro atoms. The van der Waals surface area contributed by atoms with Crippen molar-refractivity contribution in [3.63, 3.8) is 0 Å². The van der Waals surface area contributed by atoms with Gasteiger partial charge in [-0.3, -0.25) is 0 Å². The van der Waals surface area contributed by atoms with Crippen molar-refractivity contribution in [2.75, 3.05) is 23.3 Å². The summed E-state index contributed by atoms with van der Waals surface area (Å²) in [6.07, 6.45) is 4.90. The van der Waals surface area contributed by atoms with Gasteiger partial charge in [0.1, 0.15) is 11.0 Å². The Labute approximate surface area is 165 Å². The Bertz CT molecular complexity index is 732. The Hall–Kier alpha value is -1.92. The van der Waals surface area contributed by atoms with Gasteiger partial charge in [0.15, 0.2) is 5.11 Å². The van der Waals surface area contributed by atoms with E-state index < -0.39 is 0 Å². The smallest absolute Gasteiger partial charge is 0.232 e. The van der Waals surface area contributed by atoms with E-state index in [-0.39, 0.29) is 6.04 Å². The zero-order chi connectivity index (χ0) is 18.4. The molecule has 0 saturated carbocycles. The molecule has 0 unspecified atom stereocenters. The Kier molecular flexibility index (Phi) is 6.63. The van der Waals surface area contributed by atoms with Gasteiger partial charge in [0.2, 0.25) is 5.95 Å². The van der Waals surface area contributed by atoms with E-state index in [1.165, 1.54) is 25.7 Å². The maximum atomic E-state index is 6.21. The quantitative estimate of drug-likeness (QED) is 0.590. The van der Waals surface area contributed by atoms with Crippen LogP contribution < -0.4 is 15.5 Å². The third-order valence-electron chi connectivity index (χ3n) is 4.48. The lowest BCUT2D eigenvalue weighted by Gasteiger charge is -2.22. The minimum Gasteiger partial charge on any atom is -0.356 e. The molecule has 1 atom stereocenters. The van der Waals surface area contributed by atoms with Gasteiger partial charge in [-0.15, -0.1) is 0 Å². The summed E-state index contributed by atoms with van der Waals surface area (Å²) in [5.74, 6) is 1.28.